The van der Waals surface area contributed by atoms with Gasteiger partial charge in [-0.15, -0.1) is 0 Å². The first-order valence-corrected chi connectivity index (χ1v) is 7.51. The molecule has 21 heavy (non-hydrogen) atoms. The number of fused-ring (bicyclic) bond motifs is 1. The Hall–Kier alpha value is -1.52. The van der Waals surface area contributed by atoms with E-state index < -0.39 is 5.63 Å². The molecule has 0 N–H and O–H groups in total. The molecular weight excluding hydrogens is 290 g/mol. The lowest BCUT2D eigenvalue weighted by molar-refractivity contribution is 0.306. The Morgan fingerprint density at radius 3 is 2.52 bits per heavy atom. The maximum absolute atomic E-state index is 12.2. The summed E-state index contributed by atoms with van der Waals surface area (Å²) in [5, 5.41) is 12.2. The molecule has 2 aromatic rings. The molecule has 1 radical (unpaired) electrons. The average molecular weight is 309 g/mol. The second kappa shape index (κ2) is 6.50. The Bertz CT molecular complexity index is 705. The summed E-state index contributed by atoms with van der Waals surface area (Å²) < 4.78 is 5.28. The van der Waals surface area contributed by atoms with Crippen LogP contribution in [0.15, 0.2) is 21.3 Å². The molecule has 0 spiro atoms. The maximum Gasteiger partial charge on any atom is 0.339 e. The van der Waals surface area contributed by atoms with E-state index in [-0.39, 0.29) is 16.4 Å². The molecule has 1 aromatic carbocycles. The van der Waals surface area contributed by atoms with Crippen LogP contribution in [0, 0.1) is 6.92 Å². The number of halogens is 1. The SMILES string of the molecule is CCN(CC)CCc1c(C)c2ccc([O])c(Cl)c2oc1=O. The van der Waals surface area contributed by atoms with Gasteiger partial charge in [0.1, 0.15) is 5.02 Å². The van der Waals surface area contributed by atoms with Crippen LogP contribution in [0.2, 0.25) is 5.02 Å². The molecule has 0 fully saturated rings. The fraction of sp³-hybridized carbons (Fsp3) is 0.438. The van der Waals surface area contributed by atoms with E-state index in [4.69, 9.17) is 16.0 Å². The van der Waals surface area contributed by atoms with Crippen LogP contribution in [-0.2, 0) is 11.5 Å². The van der Waals surface area contributed by atoms with Crippen molar-refractivity contribution in [3.63, 3.8) is 0 Å². The van der Waals surface area contributed by atoms with Crippen LogP contribution in [0.25, 0.3) is 11.0 Å². The van der Waals surface area contributed by atoms with Gasteiger partial charge >= 0.3 is 5.63 Å². The van der Waals surface area contributed by atoms with E-state index in [1.807, 2.05) is 6.92 Å². The van der Waals surface area contributed by atoms with Gasteiger partial charge in [-0.05, 0) is 44.1 Å². The maximum atomic E-state index is 12.2. The summed E-state index contributed by atoms with van der Waals surface area (Å²) in [5.41, 5.74) is 1.29. The second-order valence-corrected chi connectivity index (χ2v) is 5.40. The summed E-state index contributed by atoms with van der Waals surface area (Å²) in [5.74, 6) is -0.331. The highest BCUT2D eigenvalue weighted by Crippen LogP contribution is 2.33. The summed E-state index contributed by atoms with van der Waals surface area (Å²) in [7, 11) is 0. The number of rotatable bonds is 5. The molecule has 0 aliphatic rings. The number of nitrogens with zero attached hydrogens (tertiary/aromatic N) is 1. The van der Waals surface area contributed by atoms with Crippen LogP contribution < -0.4 is 5.63 Å². The Morgan fingerprint density at radius 2 is 1.90 bits per heavy atom. The summed E-state index contributed by atoms with van der Waals surface area (Å²) >= 11 is 5.94. The predicted octanol–water partition coefficient (Wildman–Crippen LogP) is 3.78. The first-order chi connectivity index (χ1) is 9.99. The highest BCUT2D eigenvalue weighted by atomic mass is 35.5. The van der Waals surface area contributed by atoms with Crippen molar-refractivity contribution in [2.75, 3.05) is 19.6 Å². The van der Waals surface area contributed by atoms with E-state index in [1.54, 1.807) is 6.07 Å². The van der Waals surface area contributed by atoms with Gasteiger partial charge in [0.2, 0.25) is 5.75 Å². The third kappa shape index (κ3) is 3.06. The minimum Gasteiger partial charge on any atom is -0.421 e. The van der Waals surface area contributed by atoms with Crippen LogP contribution in [-0.4, -0.2) is 24.5 Å². The van der Waals surface area contributed by atoms with E-state index in [2.05, 4.69) is 18.7 Å². The number of hydrogen-bond acceptors (Lipinski definition) is 3. The summed E-state index contributed by atoms with van der Waals surface area (Å²) in [6.07, 6.45) is 0.628. The van der Waals surface area contributed by atoms with Crippen LogP contribution in [0.5, 0.6) is 5.75 Å². The standard InChI is InChI=1S/C16H19ClNO3/c1-4-18(5-2)9-8-12-10(3)11-6-7-13(19)14(17)15(11)21-16(12)20/h6-7H,4-5,8-9H2,1-3H3. The van der Waals surface area contributed by atoms with Crippen molar-refractivity contribution in [3.05, 3.63) is 38.7 Å². The Balaban J connectivity index is 2.47. The molecule has 0 saturated heterocycles. The summed E-state index contributed by atoms with van der Waals surface area (Å²) in [6, 6.07) is 3.08. The highest BCUT2D eigenvalue weighted by Gasteiger charge is 2.16. The van der Waals surface area contributed by atoms with Gasteiger partial charge in [0, 0.05) is 17.5 Å². The van der Waals surface area contributed by atoms with Gasteiger partial charge < -0.3 is 9.32 Å². The fourth-order valence-corrected chi connectivity index (χ4v) is 2.71. The first-order valence-electron chi connectivity index (χ1n) is 7.13. The van der Waals surface area contributed by atoms with E-state index in [0.29, 0.717) is 12.0 Å². The second-order valence-electron chi connectivity index (χ2n) is 5.02. The zero-order chi connectivity index (χ0) is 15.6. The van der Waals surface area contributed by atoms with Gasteiger partial charge in [-0.25, -0.2) is 4.79 Å². The molecule has 0 atom stereocenters. The monoisotopic (exact) mass is 308 g/mol. The zero-order valence-electron chi connectivity index (χ0n) is 12.5. The number of likely N-dealkylation sites (N-methyl/N-ethyl adjacent to an activating group) is 1. The minimum atomic E-state index is -0.403. The molecule has 0 bridgehead atoms. The predicted molar refractivity (Wildman–Crippen MR) is 83.9 cm³/mol. The lowest BCUT2D eigenvalue weighted by Gasteiger charge is -2.18. The van der Waals surface area contributed by atoms with Gasteiger partial charge in [0.05, 0.1) is 0 Å². The van der Waals surface area contributed by atoms with Crippen molar-refractivity contribution in [1.82, 2.24) is 4.90 Å². The van der Waals surface area contributed by atoms with E-state index in [9.17, 15) is 9.90 Å². The normalized spacial score (nSPS) is 11.5. The van der Waals surface area contributed by atoms with Gasteiger partial charge in [-0.1, -0.05) is 25.4 Å². The van der Waals surface area contributed by atoms with E-state index in [1.165, 1.54) is 6.07 Å². The van der Waals surface area contributed by atoms with Gasteiger partial charge in [-0.3, -0.25) is 5.11 Å². The lowest BCUT2D eigenvalue weighted by Crippen LogP contribution is -2.27. The zero-order valence-corrected chi connectivity index (χ0v) is 13.3. The van der Waals surface area contributed by atoms with Crippen molar-refractivity contribution in [3.8, 4) is 5.75 Å². The first kappa shape index (κ1) is 15.9. The third-order valence-electron chi connectivity index (χ3n) is 3.93. The minimum absolute atomic E-state index is 0.0250. The van der Waals surface area contributed by atoms with Gasteiger partial charge in [0.15, 0.2) is 5.58 Å². The molecule has 0 unspecified atom stereocenters. The van der Waals surface area contributed by atoms with E-state index >= 15 is 0 Å². The van der Waals surface area contributed by atoms with E-state index in [0.717, 1.165) is 30.6 Å². The lowest BCUT2D eigenvalue weighted by atomic mass is 10.0. The molecule has 0 aliphatic heterocycles. The van der Waals surface area contributed by atoms with Gasteiger partial charge in [0.25, 0.3) is 0 Å². The fourth-order valence-electron chi connectivity index (χ4n) is 2.50. The summed E-state index contributed by atoms with van der Waals surface area (Å²) in [4.78, 5) is 14.4. The Labute approximate surface area is 128 Å². The molecule has 0 saturated carbocycles. The highest BCUT2D eigenvalue weighted by molar-refractivity contribution is 6.36. The van der Waals surface area contributed by atoms with Crippen LogP contribution in [0.1, 0.15) is 25.0 Å². The number of hydrogen-bond donors (Lipinski definition) is 0. The van der Waals surface area contributed by atoms with Crippen molar-refractivity contribution in [1.29, 1.82) is 0 Å². The average Bonchev–Trinajstić information content (AvgIpc) is 2.47. The topological polar surface area (TPSA) is 53.4 Å². The molecule has 113 valence electrons. The molecule has 0 amide bonds. The Morgan fingerprint density at radius 1 is 1.24 bits per heavy atom. The van der Waals surface area contributed by atoms with Crippen molar-refractivity contribution < 1.29 is 9.52 Å². The number of benzene rings is 1. The van der Waals surface area contributed by atoms with Crippen molar-refractivity contribution in [2.24, 2.45) is 0 Å². The van der Waals surface area contributed by atoms with Crippen molar-refractivity contribution >= 4 is 22.6 Å². The number of aryl methyl sites for hydroxylation is 1. The molecule has 1 aromatic heterocycles. The van der Waals surface area contributed by atoms with Crippen LogP contribution in [0.3, 0.4) is 0 Å². The van der Waals surface area contributed by atoms with Crippen LogP contribution in [0.4, 0.5) is 0 Å². The quantitative estimate of drug-likeness (QED) is 0.790. The molecule has 5 heteroatoms. The van der Waals surface area contributed by atoms with Crippen LogP contribution >= 0.6 is 11.6 Å². The van der Waals surface area contributed by atoms with Gasteiger partial charge in [-0.2, -0.15) is 0 Å². The largest absolute Gasteiger partial charge is 0.421 e. The third-order valence-corrected chi connectivity index (χ3v) is 4.29. The smallest absolute Gasteiger partial charge is 0.339 e. The molecule has 1 heterocycles. The molecule has 4 nitrogen and oxygen atoms in total. The van der Waals surface area contributed by atoms with Crippen molar-refractivity contribution in [2.45, 2.75) is 27.2 Å². The molecule has 2 rings (SSSR count). The Kier molecular flexibility index (Phi) is 4.91. The molecule has 0 aliphatic carbocycles. The summed E-state index contributed by atoms with van der Waals surface area (Å²) in [6.45, 7) is 8.75. The molecular formula is C16H19ClNO3.